The topological polar surface area (TPSA) is 115 Å². The molecule has 3 rings (SSSR count). The predicted molar refractivity (Wildman–Crippen MR) is 128 cm³/mol. The summed E-state index contributed by atoms with van der Waals surface area (Å²) in [5.74, 6) is -0.492. The lowest BCUT2D eigenvalue weighted by atomic mass is 9.98. The van der Waals surface area contributed by atoms with Gasteiger partial charge in [0.1, 0.15) is 17.5 Å². The number of ether oxygens (including phenoxy) is 3. The zero-order valence-electron chi connectivity index (χ0n) is 21.0. The van der Waals surface area contributed by atoms with Gasteiger partial charge >= 0.3 is 6.09 Å². The first-order valence-corrected chi connectivity index (χ1v) is 12.2. The molecule has 1 aromatic heterocycles. The first-order valence-electron chi connectivity index (χ1n) is 12.2. The Bertz CT molecular complexity index is 960. The minimum absolute atomic E-state index is 0.0367. The van der Waals surface area contributed by atoms with E-state index in [0.29, 0.717) is 5.69 Å². The van der Waals surface area contributed by atoms with E-state index in [-0.39, 0.29) is 19.1 Å². The van der Waals surface area contributed by atoms with Crippen LogP contribution >= 0.6 is 0 Å². The molecule has 1 N–H and O–H groups in total. The average molecular weight is 487 g/mol. The number of carbonyl (C=O) groups is 2. The third kappa shape index (κ3) is 8.90. The number of aromatic nitrogens is 2. The highest BCUT2D eigenvalue weighted by atomic mass is 16.6. The molecule has 9 nitrogen and oxygen atoms in total. The number of rotatable bonds is 10. The quantitative estimate of drug-likeness (QED) is 0.548. The van der Waals surface area contributed by atoms with Crippen LogP contribution in [-0.2, 0) is 20.7 Å². The van der Waals surface area contributed by atoms with E-state index in [9.17, 15) is 14.7 Å². The lowest BCUT2D eigenvalue weighted by Crippen LogP contribution is -2.44. The van der Waals surface area contributed by atoms with Gasteiger partial charge in [-0.25, -0.2) is 9.78 Å². The van der Waals surface area contributed by atoms with Crippen molar-refractivity contribution in [2.24, 2.45) is 0 Å². The van der Waals surface area contributed by atoms with Crippen molar-refractivity contribution in [1.82, 2.24) is 14.9 Å². The summed E-state index contributed by atoms with van der Waals surface area (Å²) in [7, 11) is 0. The Morgan fingerprint density at radius 2 is 1.86 bits per heavy atom. The van der Waals surface area contributed by atoms with Crippen molar-refractivity contribution in [2.45, 2.75) is 90.1 Å². The molecule has 1 fully saturated rings. The molecule has 0 aliphatic heterocycles. The monoisotopic (exact) mass is 486 g/mol. The molecule has 0 spiro atoms. The van der Waals surface area contributed by atoms with E-state index in [0.717, 1.165) is 24.3 Å². The van der Waals surface area contributed by atoms with Crippen LogP contribution < -0.4 is 15.2 Å². The van der Waals surface area contributed by atoms with Gasteiger partial charge in [0.25, 0.3) is 0 Å². The number of carboxylic acid groups (broad SMARTS) is 1. The Morgan fingerprint density at radius 3 is 2.49 bits per heavy atom. The van der Waals surface area contributed by atoms with Gasteiger partial charge in [0.2, 0.25) is 0 Å². The van der Waals surface area contributed by atoms with Gasteiger partial charge in [0.15, 0.2) is 0 Å². The Kier molecular flexibility index (Phi) is 9.14. The SMILES string of the molecule is C[C@H](CNC(=O)OC(C)(C)C)O[C@@H](Cc1cn(-c2ccc(OC3CCCCC3)cc2)cn1)C(=O)[O-]. The van der Waals surface area contributed by atoms with Gasteiger partial charge < -0.3 is 34.0 Å². The van der Waals surface area contributed by atoms with Crippen LogP contribution in [0.5, 0.6) is 5.75 Å². The van der Waals surface area contributed by atoms with Crippen molar-refractivity contribution in [1.29, 1.82) is 0 Å². The Labute approximate surface area is 206 Å². The van der Waals surface area contributed by atoms with Crippen LogP contribution in [0.4, 0.5) is 4.79 Å². The molecular formula is C26H36N3O6-. The molecule has 0 radical (unpaired) electrons. The first-order chi connectivity index (χ1) is 16.6. The van der Waals surface area contributed by atoms with Gasteiger partial charge in [-0.15, -0.1) is 0 Å². The number of nitrogens with one attached hydrogen (secondary N) is 1. The molecule has 0 bridgehead atoms. The number of alkyl carbamates (subject to hydrolysis) is 1. The fourth-order valence-corrected chi connectivity index (χ4v) is 3.93. The van der Waals surface area contributed by atoms with E-state index >= 15 is 0 Å². The van der Waals surface area contributed by atoms with Gasteiger partial charge in [-0.2, -0.15) is 0 Å². The van der Waals surface area contributed by atoms with Gasteiger partial charge in [0, 0.05) is 24.8 Å². The highest BCUT2D eigenvalue weighted by molar-refractivity contribution is 5.70. The maximum atomic E-state index is 11.8. The zero-order valence-corrected chi connectivity index (χ0v) is 21.0. The highest BCUT2D eigenvalue weighted by Gasteiger charge is 2.20. The Hall–Kier alpha value is -3.07. The largest absolute Gasteiger partial charge is 0.547 e. The molecule has 0 unspecified atom stereocenters. The Morgan fingerprint density at radius 1 is 1.17 bits per heavy atom. The number of imidazole rings is 1. The number of hydrogen-bond acceptors (Lipinski definition) is 7. The van der Waals surface area contributed by atoms with E-state index in [1.165, 1.54) is 19.3 Å². The third-order valence-electron chi connectivity index (χ3n) is 5.61. The minimum atomic E-state index is -1.34. The number of carboxylic acids is 1. The van der Waals surface area contributed by atoms with Crippen LogP contribution in [0.2, 0.25) is 0 Å². The van der Waals surface area contributed by atoms with E-state index < -0.39 is 29.9 Å². The molecule has 35 heavy (non-hydrogen) atoms. The fourth-order valence-electron chi connectivity index (χ4n) is 3.93. The summed E-state index contributed by atoms with van der Waals surface area (Å²) >= 11 is 0. The molecule has 1 aromatic carbocycles. The maximum Gasteiger partial charge on any atom is 0.407 e. The Balaban J connectivity index is 1.52. The predicted octanol–water partition coefficient (Wildman–Crippen LogP) is 3.17. The van der Waals surface area contributed by atoms with Gasteiger partial charge in [0.05, 0.1) is 30.2 Å². The van der Waals surface area contributed by atoms with Crippen molar-refractivity contribution in [2.75, 3.05) is 6.54 Å². The second kappa shape index (κ2) is 12.1. The lowest BCUT2D eigenvalue weighted by Gasteiger charge is -2.24. The summed E-state index contributed by atoms with van der Waals surface area (Å²) in [6.45, 7) is 7.05. The molecule has 192 valence electrons. The molecule has 0 saturated heterocycles. The lowest BCUT2D eigenvalue weighted by molar-refractivity contribution is -0.318. The fraction of sp³-hybridized carbons (Fsp3) is 0.577. The number of amides is 1. The highest BCUT2D eigenvalue weighted by Crippen LogP contribution is 2.24. The summed E-state index contributed by atoms with van der Waals surface area (Å²) in [5, 5.41) is 14.2. The minimum Gasteiger partial charge on any atom is -0.547 e. The van der Waals surface area contributed by atoms with Gasteiger partial charge in [-0.3, -0.25) is 0 Å². The normalized spacial score (nSPS) is 16.3. The van der Waals surface area contributed by atoms with E-state index in [1.54, 1.807) is 40.2 Å². The molecule has 1 saturated carbocycles. The molecule has 1 aliphatic rings. The number of hydrogen-bond donors (Lipinski definition) is 1. The standard InChI is InChI=1S/C26H37N3O6/c1-18(15-27-25(32)35-26(2,3)4)33-23(24(30)31)14-19-16-29(17-28-19)20-10-12-22(13-11-20)34-21-8-6-5-7-9-21/h10-13,16-18,21,23H,5-9,14-15H2,1-4H3,(H,27,32)(H,30,31)/p-1/t18-,23+/m1/s1. The summed E-state index contributed by atoms with van der Waals surface area (Å²) in [6.07, 6.45) is 7.28. The molecule has 1 aliphatic carbocycles. The number of aliphatic carboxylic acids is 1. The van der Waals surface area contributed by atoms with Gasteiger partial charge in [-0.1, -0.05) is 6.42 Å². The summed E-state index contributed by atoms with van der Waals surface area (Å²) < 4.78 is 18.7. The van der Waals surface area contributed by atoms with Crippen molar-refractivity contribution in [3.05, 3.63) is 42.5 Å². The van der Waals surface area contributed by atoms with Crippen LogP contribution in [0.1, 0.15) is 65.5 Å². The summed E-state index contributed by atoms with van der Waals surface area (Å²) in [4.78, 5) is 27.8. The van der Waals surface area contributed by atoms with E-state index in [4.69, 9.17) is 14.2 Å². The smallest absolute Gasteiger partial charge is 0.407 e. The van der Waals surface area contributed by atoms with Crippen LogP contribution in [-0.4, -0.2) is 52.1 Å². The molecule has 2 atom stereocenters. The van der Waals surface area contributed by atoms with Crippen molar-refractivity contribution < 1.29 is 28.9 Å². The average Bonchev–Trinajstić information content (AvgIpc) is 3.26. The summed E-state index contributed by atoms with van der Waals surface area (Å²) in [5.41, 5.74) is 0.818. The maximum absolute atomic E-state index is 11.8. The molecule has 1 heterocycles. The molecule has 9 heteroatoms. The van der Waals surface area contributed by atoms with Crippen molar-refractivity contribution in [3.8, 4) is 11.4 Å². The van der Waals surface area contributed by atoms with Gasteiger partial charge in [-0.05, 0) is 77.6 Å². The zero-order chi connectivity index (χ0) is 25.4. The number of nitrogens with zero attached hydrogens (tertiary/aromatic N) is 2. The third-order valence-corrected chi connectivity index (χ3v) is 5.61. The van der Waals surface area contributed by atoms with Crippen LogP contribution in [0.3, 0.4) is 0 Å². The van der Waals surface area contributed by atoms with E-state index in [1.807, 2.05) is 28.8 Å². The summed E-state index contributed by atoms with van der Waals surface area (Å²) in [6, 6.07) is 7.77. The van der Waals surface area contributed by atoms with E-state index in [2.05, 4.69) is 10.3 Å². The number of benzene rings is 1. The van der Waals surface area contributed by atoms with Crippen LogP contribution in [0.15, 0.2) is 36.8 Å². The second-order valence-electron chi connectivity index (χ2n) is 9.99. The second-order valence-corrected chi connectivity index (χ2v) is 9.99. The van der Waals surface area contributed by atoms with Crippen LogP contribution in [0, 0.1) is 0 Å². The van der Waals surface area contributed by atoms with Crippen molar-refractivity contribution >= 4 is 12.1 Å². The first kappa shape index (κ1) is 26.5. The molecule has 1 amide bonds. The molecule has 2 aromatic rings. The van der Waals surface area contributed by atoms with Crippen molar-refractivity contribution in [3.63, 3.8) is 0 Å². The molecular weight excluding hydrogens is 450 g/mol. The van der Waals surface area contributed by atoms with Crippen LogP contribution in [0.25, 0.3) is 5.69 Å². The number of carbonyl (C=O) groups excluding carboxylic acids is 2.